The van der Waals surface area contributed by atoms with E-state index in [4.69, 9.17) is 0 Å². The molecule has 2 rings (SSSR count). The van der Waals surface area contributed by atoms with Gasteiger partial charge in [0.1, 0.15) is 12.4 Å². The number of nitro groups is 1. The van der Waals surface area contributed by atoms with Crippen LogP contribution in [0.5, 0.6) is 0 Å². The Morgan fingerprint density at radius 3 is 2.90 bits per heavy atom. The van der Waals surface area contributed by atoms with Crippen LogP contribution in [0.25, 0.3) is 0 Å². The van der Waals surface area contributed by atoms with Crippen LogP contribution in [0, 0.1) is 10.1 Å². The second kappa shape index (κ2) is 6.97. The van der Waals surface area contributed by atoms with Crippen molar-refractivity contribution in [2.45, 2.75) is 44.5 Å². The topological polar surface area (TPSA) is 96.5 Å². The number of nitrogens with zero attached hydrogens (tertiary/aromatic N) is 4. The minimum Gasteiger partial charge on any atom is -0.390 e. The molecule has 0 aliphatic heterocycles. The molecular formula is C13H23N5O3. The van der Waals surface area contributed by atoms with Crippen molar-refractivity contribution in [2.75, 3.05) is 20.1 Å². The standard InChI is InChI=1S/C13H23N5O3/c1-10(16(2)11-3-4-11)5-14-7-13(19)9-17-8-12(6-15-17)18(20)21/h6,8,10-11,13-14,19H,3-5,7,9H2,1-2H3. The third-order valence-corrected chi connectivity index (χ3v) is 3.87. The number of rotatable bonds is 9. The lowest BCUT2D eigenvalue weighted by molar-refractivity contribution is -0.385. The molecule has 21 heavy (non-hydrogen) atoms. The molecule has 0 saturated heterocycles. The second-order valence-electron chi connectivity index (χ2n) is 5.74. The van der Waals surface area contributed by atoms with Crippen molar-refractivity contribution >= 4 is 5.69 Å². The van der Waals surface area contributed by atoms with Crippen LogP contribution in [-0.4, -0.2) is 63.0 Å². The maximum absolute atomic E-state index is 10.5. The average Bonchev–Trinajstić information content (AvgIpc) is 3.17. The molecule has 0 bridgehead atoms. The van der Waals surface area contributed by atoms with E-state index in [1.54, 1.807) is 0 Å². The van der Waals surface area contributed by atoms with E-state index < -0.39 is 11.0 Å². The fraction of sp³-hybridized carbons (Fsp3) is 0.769. The van der Waals surface area contributed by atoms with Gasteiger partial charge < -0.3 is 10.4 Å². The maximum Gasteiger partial charge on any atom is 0.306 e. The molecule has 1 saturated carbocycles. The van der Waals surface area contributed by atoms with Gasteiger partial charge in [-0.15, -0.1) is 0 Å². The summed E-state index contributed by atoms with van der Waals surface area (Å²) in [5, 5.41) is 27.6. The van der Waals surface area contributed by atoms with Gasteiger partial charge in [-0.25, -0.2) is 0 Å². The molecule has 1 fully saturated rings. The molecule has 8 heteroatoms. The zero-order valence-corrected chi connectivity index (χ0v) is 12.5. The predicted octanol–water partition coefficient (Wildman–Crippen LogP) is 0.224. The highest BCUT2D eigenvalue weighted by Gasteiger charge is 2.28. The first kappa shape index (κ1) is 15.9. The van der Waals surface area contributed by atoms with Gasteiger partial charge in [0.05, 0.1) is 17.6 Å². The lowest BCUT2D eigenvalue weighted by atomic mass is 10.2. The fourth-order valence-electron chi connectivity index (χ4n) is 2.27. The Hall–Kier alpha value is -1.51. The summed E-state index contributed by atoms with van der Waals surface area (Å²) in [6, 6.07) is 1.15. The molecule has 0 spiro atoms. The van der Waals surface area contributed by atoms with Gasteiger partial charge in [-0.3, -0.25) is 19.7 Å². The zero-order valence-electron chi connectivity index (χ0n) is 12.5. The summed E-state index contributed by atoms with van der Waals surface area (Å²) in [6.45, 7) is 3.65. The van der Waals surface area contributed by atoms with Crippen molar-refractivity contribution in [3.8, 4) is 0 Å². The summed E-state index contributed by atoms with van der Waals surface area (Å²) >= 11 is 0. The predicted molar refractivity (Wildman–Crippen MR) is 78.0 cm³/mol. The molecule has 1 aromatic heterocycles. The first-order valence-corrected chi connectivity index (χ1v) is 7.25. The van der Waals surface area contributed by atoms with E-state index in [0.29, 0.717) is 12.6 Å². The van der Waals surface area contributed by atoms with Gasteiger partial charge in [-0.05, 0) is 26.8 Å². The molecule has 2 unspecified atom stereocenters. The van der Waals surface area contributed by atoms with Gasteiger partial charge in [0.15, 0.2) is 0 Å². The summed E-state index contributed by atoms with van der Waals surface area (Å²) < 4.78 is 1.39. The summed E-state index contributed by atoms with van der Waals surface area (Å²) in [5.74, 6) is 0. The summed E-state index contributed by atoms with van der Waals surface area (Å²) in [4.78, 5) is 12.4. The zero-order chi connectivity index (χ0) is 15.4. The lowest BCUT2D eigenvalue weighted by Gasteiger charge is -2.25. The summed E-state index contributed by atoms with van der Waals surface area (Å²) in [7, 11) is 2.13. The third-order valence-electron chi connectivity index (χ3n) is 3.87. The van der Waals surface area contributed by atoms with Crippen LogP contribution in [0.2, 0.25) is 0 Å². The Morgan fingerprint density at radius 1 is 1.62 bits per heavy atom. The minimum absolute atomic E-state index is 0.0603. The van der Waals surface area contributed by atoms with E-state index in [9.17, 15) is 15.2 Å². The van der Waals surface area contributed by atoms with Crippen LogP contribution >= 0.6 is 0 Å². The number of aliphatic hydroxyl groups excluding tert-OH is 1. The number of hydrogen-bond acceptors (Lipinski definition) is 6. The minimum atomic E-state index is -0.622. The molecule has 1 aliphatic rings. The quantitative estimate of drug-likeness (QED) is 0.500. The Kier molecular flexibility index (Phi) is 5.27. The van der Waals surface area contributed by atoms with Crippen LogP contribution in [0.15, 0.2) is 12.4 Å². The number of hydrogen-bond donors (Lipinski definition) is 2. The van der Waals surface area contributed by atoms with E-state index in [-0.39, 0.29) is 12.2 Å². The third kappa shape index (κ3) is 4.76. The Balaban J connectivity index is 1.66. The van der Waals surface area contributed by atoms with E-state index >= 15 is 0 Å². The van der Waals surface area contributed by atoms with Gasteiger partial charge in [0, 0.05) is 25.2 Å². The molecule has 1 aliphatic carbocycles. The molecule has 0 aromatic carbocycles. The first-order chi connectivity index (χ1) is 9.97. The Bertz CT molecular complexity index is 474. The van der Waals surface area contributed by atoms with Gasteiger partial charge in [-0.1, -0.05) is 0 Å². The number of aromatic nitrogens is 2. The molecule has 0 amide bonds. The van der Waals surface area contributed by atoms with Crippen LogP contribution in [0.3, 0.4) is 0 Å². The molecular weight excluding hydrogens is 274 g/mol. The normalized spacial score (nSPS) is 17.9. The van der Waals surface area contributed by atoms with Crippen LogP contribution < -0.4 is 5.32 Å². The monoisotopic (exact) mass is 297 g/mol. The second-order valence-corrected chi connectivity index (χ2v) is 5.74. The number of likely N-dealkylation sites (N-methyl/N-ethyl adjacent to an activating group) is 1. The highest BCUT2D eigenvalue weighted by Crippen LogP contribution is 2.26. The highest BCUT2D eigenvalue weighted by atomic mass is 16.6. The summed E-state index contributed by atoms with van der Waals surface area (Å²) in [6.07, 6.45) is 4.45. The fourth-order valence-corrected chi connectivity index (χ4v) is 2.27. The van der Waals surface area contributed by atoms with Crippen molar-refractivity contribution in [1.29, 1.82) is 0 Å². The van der Waals surface area contributed by atoms with E-state index in [2.05, 4.69) is 29.3 Å². The van der Waals surface area contributed by atoms with Crippen LogP contribution in [0.1, 0.15) is 19.8 Å². The molecule has 118 valence electrons. The van der Waals surface area contributed by atoms with E-state index in [1.165, 1.54) is 29.9 Å². The van der Waals surface area contributed by atoms with Crippen molar-refractivity contribution in [3.63, 3.8) is 0 Å². The first-order valence-electron chi connectivity index (χ1n) is 7.25. The molecule has 0 radical (unpaired) electrons. The smallest absolute Gasteiger partial charge is 0.306 e. The van der Waals surface area contributed by atoms with Crippen LogP contribution in [-0.2, 0) is 6.54 Å². The molecule has 2 N–H and O–H groups in total. The lowest BCUT2D eigenvalue weighted by Crippen LogP contribution is -2.41. The highest BCUT2D eigenvalue weighted by molar-refractivity contribution is 5.20. The van der Waals surface area contributed by atoms with Gasteiger partial charge in [0.2, 0.25) is 0 Å². The summed E-state index contributed by atoms with van der Waals surface area (Å²) in [5.41, 5.74) is -0.0603. The molecule has 1 heterocycles. The molecule has 1 aromatic rings. The average molecular weight is 297 g/mol. The van der Waals surface area contributed by atoms with Crippen molar-refractivity contribution in [2.24, 2.45) is 0 Å². The number of nitrogens with one attached hydrogen (secondary N) is 1. The van der Waals surface area contributed by atoms with E-state index in [1.807, 2.05) is 0 Å². The van der Waals surface area contributed by atoms with Crippen molar-refractivity contribution in [1.82, 2.24) is 20.0 Å². The Labute approximate surface area is 123 Å². The van der Waals surface area contributed by atoms with Gasteiger partial charge in [0.25, 0.3) is 0 Å². The van der Waals surface area contributed by atoms with Gasteiger partial charge in [-0.2, -0.15) is 5.10 Å². The SMILES string of the molecule is CC(CNCC(O)Cn1cc([N+](=O)[O-])cn1)N(C)C1CC1. The van der Waals surface area contributed by atoms with Crippen LogP contribution in [0.4, 0.5) is 5.69 Å². The largest absolute Gasteiger partial charge is 0.390 e. The van der Waals surface area contributed by atoms with Crippen molar-refractivity contribution in [3.05, 3.63) is 22.5 Å². The van der Waals surface area contributed by atoms with Gasteiger partial charge >= 0.3 is 5.69 Å². The molecule has 2 atom stereocenters. The maximum atomic E-state index is 10.5. The Morgan fingerprint density at radius 2 is 2.33 bits per heavy atom. The molecule has 8 nitrogen and oxygen atoms in total. The van der Waals surface area contributed by atoms with E-state index in [0.717, 1.165) is 12.6 Å². The number of aliphatic hydroxyl groups is 1. The van der Waals surface area contributed by atoms with Crippen molar-refractivity contribution < 1.29 is 10.0 Å².